The van der Waals surface area contributed by atoms with E-state index in [1.807, 2.05) is 20.8 Å². The van der Waals surface area contributed by atoms with Gasteiger partial charge in [-0.25, -0.2) is 0 Å². The molecule has 0 bridgehead atoms. The van der Waals surface area contributed by atoms with Gasteiger partial charge in [0, 0.05) is 0 Å². The van der Waals surface area contributed by atoms with E-state index in [4.69, 9.17) is 5.11 Å². The summed E-state index contributed by atoms with van der Waals surface area (Å²) in [7, 11) is 0. The van der Waals surface area contributed by atoms with Crippen molar-refractivity contribution < 1.29 is 9.90 Å². The number of hydrogen-bond acceptors (Lipinski definition) is 2. The Bertz CT molecular complexity index is 112. The van der Waals surface area contributed by atoms with Crippen molar-refractivity contribution in [3.63, 3.8) is 0 Å². The highest BCUT2D eigenvalue weighted by molar-refractivity contribution is 5.73. The molecule has 0 aliphatic carbocycles. The summed E-state index contributed by atoms with van der Waals surface area (Å²) in [5.41, 5.74) is 0. The Morgan fingerprint density at radius 2 is 2.10 bits per heavy atom. The molecule has 0 radical (unpaired) electrons. The number of rotatable bonds is 4. The maximum absolute atomic E-state index is 10.5. The second-order valence-corrected chi connectivity index (χ2v) is 2.62. The zero-order valence-corrected chi connectivity index (χ0v) is 6.72. The van der Waals surface area contributed by atoms with Gasteiger partial charge in [0.05, 0.1) is 0 Å². The molecule has 0 saturated carbocycles. The summed E-state index contributed by atoms with van der Waals surface area (Å²) < 4.78 is 0. The molecule has 0 fully saturated rings. The summed E-state index contributed by atoms with van der Waals surface area (Å²) in [6.45, 7) is 6.39. The Labute approximate surface area is 61.4 Å². The average molecular weight is 145 g/mol. The molecule has 0 aliphatic heterocycles. The first-order valence-electron chi connectivity index (χ1n) is 3.55. The first-order valence-corrected chi connectivity index (χ1v) is 3.55. The fourth-order valence-electron chi connectivity index (χ4n) is 0.828. The average Bonchev–Trinajstić information content (AvgIpc) is 1.81. The van der Waals surface area contributed by atoms with E-state index >= 15 is 0 Å². The molecule has 1 atom stereocenters. The van der Waals surface area contributed by atoms with Crippen LogP contribution in [0.5, 0.6) is 0 Å². The SMILES string of the molecule is CCN[C@H](C(=O)O)C(C)C. The number of hydrogen-bond donors (Lipinski definition) is 2. The molecule has 0 amide bonds. The van der Waals surface area contributed by atoms with Gasteiger partial charge in [-0.05, 0) is 12.5 Å². The van der Waals surface area contributed by atoms with Gasteiger partial charge >= 0.3 is 5.97 Å². The molecule has 0 aromatic heterocycles. The molecule has 3 nitrogen and oxygen atoms in total. The lowest BCUT2D eigenvalue weighted by Crippen LogP contribution is -2.40. The van der Waals surface area contributed by atoms with Crippen molar-refractivity contribution in [3.05, 3.63) is 0 Å². The number of nitrogens with one attached hydrogen (secondary N) is 1. The zero-order valence-electron chi connectivity index (χ0n) is 6.72. The fourth-order valence-corrected chi connectivity index (χ4v) is 0.828. The highest BCUT2D eigenvalue weighted by Crippen LogP contribution is 2.00. The molecule has 10 heavy (non-hydrogen) atoms. The predicted molar refractivity (Wildman–Crippen MR) is 39.9 cm³/mol. The van der Waals surface area contributed by atoms with Crippen LogP contribution in [-0.4, -0.2) is 23.7 Å². The molecule has 0 heterocycles. The van der Waals surface area contributed by atoms with E-state index in [0.717, 1.165) is 0 Å². The van der Waals surface area contributed by atoms with Crippen LogP contribution in [0.3, 0.4) is 0 Å². The Hall–Kier alpha value is -0.570. The standard InChI is InChI=1S/C7H15NO2/c1-4-8-6(5(2)3)7(9)10/h5-6,8H,4H2,1-3H3,(H,9,10)/t6-/m0/s1. The first kappa shape index (κ1) is 9.43. The van der Waals surface area contributed by atoms with E-state index in [9.17, 15) is 4.79 Å². The van der Waals surface area contributed by atoms with E-state index in [-0.39, 0.29) is 5.92 Å². The Morgan fingerprint density at radius 3 is 2.20 bits per heavy atom. The number of likely N-dealkylation sites (N-methyl/N-ethyl adjacent to an activating group) is 1. The first-order chi connectivity index (χ1) is 4.59. The minimum Gasteiger partial charge on any atom is -0.480 e. The zero-order chi connectivity index (χ0) is 8.15. The van der Waals surface area contributed by atoms with Crippen LogP contribution in [-0.2, 0) is 4.79 Å². The van der Waals surface area contributed by atoms with Crippen LogP contribution in [0.2, 0.25) is 0 Å². The van der Waals surface area contributed by atoms with Gasteiger partial charge in [-0.3, -0.25) is 4.79 Å². The lowest BCUT2D eigenvalue weighted by Gasteiger charge is -2.15. The van der Waals surface area contributed by atoms with E-state index in [1.165, 1.54) is 0 Å². The molecule has 0 saturated heterocycles. The van der Waals surface area contributed by atoms with E-state index in [2.05, 4.69) is 5.32 Å². The number of carboxylic acids is 1. The van der Waals surface area contributed by atoms with Crippen LogP contribution in [0, 0.1) is 5.92 Å². The van der Waals surface area contributed by atoms with Crippen LogP contribution < -0.4 is 5.32 Å². The minimum absolute atomic E-state index is 0.150. The summed E-state index contributed by atoms with van der Waals surface area (Å²) in [4.78, 5) is 10.5. The van der Waals surface area contributed by atoms with Gasteiger partial charge in [-0.1, -0.05) is 20.8 Å². The van der Waals surface area contributed by atoms with Crippen LogP contribution in [0.4, 0.5) is 0 Å². The normalized spacial score (nSPS) is 13.6. The molecule has 60 valence electrons. The fraction of sp³-hybridized carbons (Fsp3) is 0.857. The van der Waals surface area contributed by atoms with Gasteiger partial charge in [-0.15, -0.1) is 0 Å². The molecule has 0 unspecified atom stereocenters. The van der Waals surface area contributed by atoms with Crippen molar-refractivity contribution in [1.82, 2.24) is 5.32 Å². The van der Waals surface area contributed by atoms with Gasteiger partial charge in [0.15, 0.2) is 0 Å². The minimum atomic E-state index is -0.767. The molecule has 2 N–H and O–H groups in total. The monoisotopic (exact) mass is 145 g/mol. The molecular formula is C7H15NO2. The Morgan fingerprint density at radius 1 is 1.60 bits per heavy atom. The second-order valence-electron chi connectivity index (χ2n) is 2.62. The maximum atomic E-state index is 10.5. The molecule has 0 aromatic rings. The van der Waals surface area contributed by atoms with Crippen molar-refractivity contribution in [3.8, 4) is 0 Å². The second kappa shape index (κ2) is 4.28. The largest absolute Gasteiger partial charge is 0.480 e. The van der Waals surface area contributed by atoms with E-state index < -0.39 is 12.0 Å². The van der Waals surface area contributed by atoms with E-state index in [1.54, 1.807) is 0 Å². The number of carboxylic acid groups (broad SMARTS) is 1. The summed E-state index contributed by atoms with van der Waals surface area (Å²) in [5.74, 6) is -0.616. The van der Waals surface area contributed by atoms with Crippen molar-refractivity contribution in [1.29, 1.82) is 0 Å². The summed E-state index contributed by atoms with van der Waals surface area (Å²) in [5, 5.41) is 11.5. The molecule has 3 heteroatoms. The van der Waals surface area contributed by atoms with Gasteiger partial charge in [-0.2, -0.15) is 0 Å². The Balaban J connectivity index is 3.85. The van der Waals surface area contributed by atoms with Crippen molar-refractivity contribution in [2.75, 3.05) is 6.54 Å². The molecule has 0 aliphatic rings. The van der Waals surface area contributed by atoms with Crippen molar-refractivity contribution in [2.24, 2.45) is 5.92 Å². The highest BCUT2D eigenvalue weighted by Gasteiger charge is 2.18. The molecule has 0 rings (SSSR count). The summed E-state index contributed by atoms with van der Waals surface area (Å²) in [6.07, 6.45) is 0. The van der Waals surface area contributed by atoms with Crippen LogP contribution in [0.1, 0.15) is 20.8 Å². The van der Waals surface area contributed by atoms with E-state index in [0.29, 0.717) is 6.54 Å². The van der Waals surface area contributed by atoms with Gasteiger partial charge < -0.3 is 10.4 Å². The third kappa shape index (κ3) is 2.82. The predicted octanol–water partition coefficient (Wildman–Crippen LogP) is 0.705. The third-order valence-corrected chi connectivity index (χ3v) is 1.36. The summed E-state index contributed by atoms with van der Waals surface area (Å²) >= 11 is 0. The molecular weight excluding hydrogens is 130 g/mol. The van der Waals surface area contributed by atoms with Gasteiger partial charge in [0.2, 0.25) is 0 Å². The number of carbonyl (C=O) groups is 1. The highest BCUT2D eigenvalue weighted by atomic mass is 16.4. The lowest BCUT2D eigenvalue weighted by atomic mass is 10.1. The maximum Gasteiger partial charge on any atom is 0.320 e. The van der Waals surface area contributed by atoms with Crippen LogP contribution >= 0.6 is 0 Å². The Kier molecular flexibility index (Phi) is 4.03. The topological polar surface area (TPSA) is 49.3 Å². The van der Waals surface area contributed by atoms with Crippen LogP contribution in [0.15, 0.2) is 0 Å². The molecule has 0 aromatic carbocycles. The van der Waals surface area contributed by atoms with Crippen LogP contribution in [0.25, 0.3) is 0 Å². The third-order valence-electron chi connectivity index (χ3n) is 1.36. The molecule has 0 spiro atoms. The van der Waals surface area contributed by atoms with Crippen molar-refractivity contribution >= 4 is 5.97 Å². The quantitative estimate of drug-likeness (QED) is 0.612. The summed E-state index contributed by atoms with van der Waals surface area (Å²) in [6, 6.07) is -0.398. The van der Waals surface area contributed by atoms with Gasteiger partial charge in [0.25, 0.3) is 0 Å². The smallest absolute Gasteiger partial charge is 0.320 e. The van der Waals surface area contributed by atoms with Gasteiger partial charge in [0.1, 0.15) is 6.04 Å². The lowest BCUT2D eigenvalue weighted by molar-refractivity contribution is -0.140. The number of aliphatic carboxylic acids is 1. The van der Waals surface area contributed by atoms with Crippen molar-refractivity contribution in [2.45, 2.75) is 26.8 Å².